The summed E-state index contributed by atoms with van der Waals surface area (Å²) in [6.07, 6.45) is 1.16. The number of hydrogen-bond acceptors (Lipinski definition) is 3. The highest BCUT2D eigenvalue weighted by Crippen LogP contribution is 2.23. The van der Waals surface area contributed by atoms with Gasteiger partial charge in [0.15, 0.2) is 0 Å². The maximum absolute atomic E-state index is 12.3. The molecule has 2 rings (SSSR count). The summed E-state index contributed by atoms with van der Waals surface area (Å²) in [6.45, 7) is 2.07. The van der Waals surface area contributed by atoms with Crippen molar-refractivity contribution >= 4 is 41.0 Å². The smallest absolute Gasteiger partial charge is 0.326 e. The number of piperidine rings is 1. The lowest BCUT2D eigenvalue weighted by Gasteiger charge is -2.36. The Morgan fingerprint density at radius 2 is 2.00 bits per heavy atom. The third kappa shape index (κ3) is 4.39. The van der Waals surface area contributed by atoms with Crippen LogP contribution < -0.4 is 5.32 Å². The Bertz CT molecular complexity index is 665. The molecule has 0 aliphatic carbocycles. The molecule has 0 spiro atoms. The predicted octanol–water partition coefficient (Wildman–Crippen LogP) is 2.43. The first-order chi connectivity index (χ1) is 11.3. The van der Waals surface area contributed by atoms with Crippen molar-refractivity contribution in [3.8, 4) is 0 Å². The fourth-order valence-electron chi connectivity index (χ4n) is 2.67. The molecule has 24 heavy (non-hydrogen) atoms. The Kier molecular flexibility index (Phi) is 6.07. The van der Waals surface area contributed by atoms with Crippen LogP contribution in [0.15, 0.2) is 18.2 Å². The van der Waals surface area contributed by atoms with Gasteiger partial charge in [-0.1, -0.05) is 30.1 Å². The van der Waals surface area contributed by atoms with E-state index in [0.29, 0.717) is 18.0 Å². The number of nitrogens with one attached hydrogen (secondary N) is 1. The third-order valence-corrected chi connectivity index (χ3v) is 4.79. The van der Waals surface area contributed by atoms with Gasteiger partial charge in [-0.15, -0.1) is 0 Å². The monoisotopic (exact) mass is 372 g/mol. The molecule has 1 fully saturated rings. The third-order valence-electron chi connectivity index (χ3n) is 4.05. The number of hydrogen-bond donors (Lipinski definition) is 2. The number of carbonyl (C=O) groups is 3. The van der Waals surface area contributed by atoms with Crippen molar-refractivity contribution in [2.24, 2.45) is 5.92 Å². The molecule has 0 saturated carbocycles. The van der Waals surface area contributed by atoms with Gasteiger partial charge in [-0.3, -0.25) is 9.59 Å². The van der Waals surface area contributed by atoms with Crippen LogP contribution in [0.4, 0.5) is 0 Å². The molecule has 0 bridgehead atoms. The average molecular weight is 373 g/mol. The van der Waals surface area contributed by atoms with Crippen LogP contribution in [0.25, 0.3) is 0 Å². The zero-order valence-electron chi connectivity index (χ0n) is 13.1. The lowest BCUT2D eigenvalue weighted by atomic mass is 9.92. The van der Waals surface area contributed by atoms with Crippen LogP contribution in [0.2, 0.25) is 10.0 Å². The van der Waals surface area contributed by atoms with Crippen molar-refractivity contribution in [1.82, 2.24) is 10.2 Å². The van der Waals surface area contributed by atoms with E-state index in [-0.39, 0.29) is 23.0 Å². The maximum atomic E-state index is 12.3. The standard InChI is InChI=1S/C16H18Cl2N2O4/c1-9-4-5-20(13(6-9)16(23)24)14(21)8-19-15(22)10-2-3-11(17)12(18)7-10/h2-3,7,9,13H,4-6,8H2,1H3,(H,19,22)(H,23,24). The Balaban J connectivity index is 1.97. The normalized spacial score (nSPS) is 20.5. The van der Waals surface area contributed by atoms with Gasteiger partial charge in [0, 0.05) is 12.1 Å². The first kappa shape index (κ1) is 18.5. The molecule has 1 heterocycles. The molecule has 0 radical (unpaired) electrons. The van der Waals surface area contributed by atoms with Crippen molar-refractivity contribution in [2.75, 3.05) is 13.1 Å². The van der Waals surface area contributed by atoms with Gasteiger partial charge in [0.05, 0.1) is 16.6 Å². The molecule has 2 N–H and O–H groups in total. The van der Waals surface area contributed by atoms with Gasteiger partial charge in [-0.25, -0.2) is 4.79 Å². The second-order valence-corrected chi connectivity index (χ2v) is 6.70. The lowest BCUT2D eigenvalue weighted by Crippen LogP contribution is -2.52. The predicted molar refractivity (Wildman–Crippen MR) is 90.3 cm³/mol. The molecule has 1 aliphatic heterocycles. The van der Waals surface area contributed by atoms with E-state index in [1.54, 1.807) is 0 Å². The van der Waals surface area contributed by atoms with E-state index in [1.165, 1.54) is 23.1 Å². The number of benzene rings is 1. The highest BCUT2D eigenvalue weighted by Gasteiger charge is 2.34. The van der Waals surface area contributed by atoms with E-state index in [9.17, 15) is 19.5 Å². The maximum Gasteiger partial charge on any atom is 0.326 e. The van der Waals surface area contributed by atoms with Crippen LogP contribution in [-0.4, -0.2) is 46.9 Å². The Hall–Kier alpha value is -1.79. The van der Waals surface area contributed by atoms with Gasteiger partial charge in [0.1, 0.15) is 6.04 Å². The summed E-state index contributed by atoms with van der Waals surface area (Å²) >= 11 is 11.6. The summed E-state index contributed by atoms with van der Waals surface area (Å²) < 4.78 is 0. The van der Waals surface area contributed by atoms with Crippen molar-refractivity contribution in [2.45, 2.75) is 25.8 Å². The first-order valence-electron chi connectivity index (χ1n) is 7.55. The molecule has 1 aromatic rings. The second-order valence-electron chi connectivity index (χ2n) is 5.88. The molecule has 0 aromatic heterocycles. The lowest BCUT2D eigenvalue weighted by molar-refractivity contribution is -0.152. The van der Waals surface area contributed by atoms with Gasteiger partial charge in [-0.2, -0.15) is 0 Å². The SMILES string of the molecule is CC1CCN(C(=O)CNC(=O)c2ccc(Cl)c(Cl)c2)C(C(=O)O)C1. The van der Waals surface area contributed by atoms with Crippen molar-refractivity contribution in [1.29, 1.82) is 0 Å². The molecule has 2 unspecified atom stereocenters. The Morgan fingerprint density at radius 3 is 2.62 bits per heavy atom. The van der Waals surface area contributed by atoms with Crippen LogP contribution >= 0.6 is 23.2 Å². The molecule has 2 atom stereocenters. The zero-order chi connectivity index (χ0) is 17.9. The first-order valence-corrected chi connectivity index (χ1v) is 8.30. The van der Waals surface area contributed by atoms with Crippen LogP contribution in [-0.2, 0) is 9.59 Å². The minimum Gasteiger partial charge on any atom is -0.480 e. The summed E-state index contributed by atoms with van der Waals surface area (Å²) in [5.74, 6) is -1.66. The van der Waals surface area contributed by atoms with Crippen LogP contribution in [0.5, 0.6) is 0 Å². The topological polar surface area (TPSA) is 86.7 Å². The highest BCUT2D eigenvalue weighted by molar-refractivity contribution is 6.42. The van der Waals surface area contributed by atoms with E-state index in [0.717, 1.165) is 6.42 Å². The van der Waals surface area contributed by atoms with E-state index in [2.05, 4.69) is 5.32 Å². The van der Waals surface area contributed by atoms with Crippen LogP contribution in [0.1, 0.15) is 30.1 Å². The molecular weight excluding hydrogens is 355 g/mol. The number of carboxylic acid groups (broad SMARTS) is 1. The van der Waals surface area contributed by atoms with E-state index < -0.39 is 23.8 Å². The number of nitrogens with zero attached hydrogens (tertiary/aromatic N) is 1. The summed E-state index contributed by atoms with van der Waals surface area (Å²) in [6, 6.07) is 3.55. The largest absolute Gasteiger partial charge is 0.480 e. The van der Waals surface area contributed by atoms with Gasteiger partial charge < -0.3 is 15.3 Å². The number of aliphatic carboxylic acids is 1. The molecule has 6 nitrogen and oxygen atoms in total. The van der Waals surface area contributed by atoms with Gasteiger partial charge in [0.2, 0.25) is 5.91 Å². The van der Waals surface area contributed by atoms with Crippen molar-refractivity contribution < 1.29 is 19.5 Å². The van der Waals surface area contributed by atoms with Crippen LogP contribution in [0.3, 0.4) is 0 Å². The number of likely N-dealkylation sites (tertiary alicyclic amines) is 1. The fraction of sp³-hybridized carbons (Fsp3) is 0.438. The Labute approximate surface area is 149 Å². The summed E-state index contributed by atoms with van der Waals surface area (Å²) in [5.41, 5.74) is 0.277. The summed E-state index contributed by atoms with van der Waals surface area (Å²) in [7, 11) is 0. The van der Waals surface area contributed by atoms with Crippen LogP contribution in [0, 0.1) is 5.92 Å². The van der Waals surface area contributed by atoms with E-state index >= 15 is 0 Å². The molecule has 2 amide bonds. The molecule has 1 aromatic carbocycles. The highest BCUT2D eigenvalue weighted by atomic mass is 35.5. The zero-order valence-corrected chi connectivity index (χ0v) is 14.6. The second kappa shape index (κ2) is 7.85. The average Bonchev–Trinajstić information content (AvgIpc) is 2.54. The van der Waals surface area contributed by atoms with E-state index in [4.69, 9.17) is 23.2 Å². The molecule has 130 valence electrons. The number of rotatable bonds is 4. The number of carboxylic acids is 1. The summed E-state index contributed by atoms with van der Waals surface area (Å²) in [4.78, 5) is 37.0. The van der Waals surface area contributed by atoms with Gasteiger partial charge in [-0.05, 0) is 37.0 Å². The van der Waals surface area contributed by atoms with Gasteiger partial charge in [0.25, 0.3) is 5.91 Å². The van der Waals surface area contributed by atoms with Crippen molar-refractivity contribution in [3.63, 3.8) is 0 Å². The number of carbonyl (C=O) groups excluding carboxylic acids is 2. The van der Waals surface area contributed by atoms with E-state index in [1.807, 2.05) is 6.92 Å². The minimum absolute atomic E-state index is 0.242. The number of amides is 2. The quantitative estimate of drug-likeness (QED) is 0.849. The van der Waals surface area contributed by atoms with Gasteiger partial charge >= 0.3 is 5.97 Å². The molecule has 8 heteroatoms. The molecule has 1 aliphatic rings. The van der Waals surface area contributed by atoms with Crippen molar-refractivity contribution in [3.05, 3.63) is 33.8 Å². The summed E-state index contributed by atoms with van der Waals surface area (Å²) in [5, 5.41) is 12.3. The minimum atomic E-state index is -1.02. The molecular formula is C16H18Cl2N2O4. The fourth-order valence-corrected chi connectivity index (χ4v) is 2.97. The number of halogens is 2. The Morgan fingerprint density at radius 1 is 1.29 bits per heavy atom. The molecule has 1 saturated heterocycles.